The molecule has 0 aliphatic rings. The van der Waals surface area contributed by atoms with Crippen molar-refractivity contribution in [1.29, 1.82) is 0 Å². The SMILES string of the molecule is CCOc1cccc(Nc2c(C(=O)O)cnc3nc(C)c(OCC)cc23)n1. The van der Waals surface area contributed by atoms with E-state index >= 15 is 0 Å². The average Bonchev–Trinajstić information content (AvgIpc) is 2.63. The third kappa shape index (κ3) is 3.89. The fourth-order valence-electron chi connectivity index (χ4n) is 2.63. The number of rotatable bonds is 7. The zero-order valence-corrected chi connectivity index (χ0v) is 15.3. The van der Waals surface area contributed by atoms with Gasteiger partial charge in [-0.05, 0) is 32.9 Å². The summed E-state index contributed by atoms with van der Waals surface area (Å²) >= 11 is 0. The fourth-order valence-corrected chi connectivity index (χ4v) is 2.63. The molecule has 3 aromatic rings. The van der Waals surface area contributed by atoms with Gasteiger partial charge in [0, 0.05) is 17.6 Å². The molecule has 0 atom stereocenters. The molecule has 2 N–H and O–H groups in total. The number of nitrogens with zero attached hydrogens (tertiary/aromatic N) is 3. The summed E-state index contributed by atoms with van der Waals surface area (Å²) in [5.74, 6) is 0.371. The van der Waals surface area contributed by atoms with E-state index in [2.05, 4.69) is 20.3 Å². The number of fused-ring (bicyclic) bond motifs is 1. The maximum absolute atomic E-state index is 11.7. The van der Waals surface area contributed by atoms with Gasteiger partial charge in [-0.2, -0.15) is 4.98 Å². The van der Waals surface area contributed by atoms with Crippen LogP contribution < -0.4 is 14.8 Å². The van der Waals surface area contributed by atoms with E-state index < -0.39 is 5.97 Å². The van der Waals surface area contributed by atoms with Gasteiger partial charge in [0.25, 0.3) is 0 Å². The Morgan fingerprint density at radius 3 is 2.67 bits per heavy atom. The minimum absolute atomic E-state index is 0.0132. The lowest BCUT2D eigenvalue weighted by Gasteiger charge is -2.14. The molecule has 27 heavy (non-hydrogen) atoms. The first-order chi connectivity index (χ1) is 13.0. The van der Waals surface area contributed by atoms with Crippen molar-refractivity contribution in [3.63, 3.8) is 0 Å². The smallest absolute Gasteiger partial charge is 0.339 e. The minimum atomic E-state index is -1.11. The maximum Gasteiger partial charge on any atom is 0.339 e. The molecule has 0 saturated carbocycles. The number of hydrogen-bond donors (Lipinski definition) is 2. The van der Waals surface area contributed by atoms with Crippen LogP contribution in [0.5, 0.6) is 11.6 Å². The molecule has 0 aromatic carbocycles. The second kappa shape index (κ2) is 7.86. The highest BCUT2D eigenvalue weighted by Gasteiger charge is 2.18. The van der Waals surface area contributed by atoms with E-state index in [4.69, 9.17) is 9.47 Å². The Morgan fingerprint density at radius 1 is 1.19 bits per heavy atom. The van der Waals surface area contributed by atoms with Gasteiger partial charge in [0.1, 0.15) is 17.1 Å². The summed E-state index contributed by atoms with van der Waals surface area (Å²) in [5, 5.41) is 13.2. The van der Waals surface area contributed by atoms with Gasteiger partial charge in [-0.3, -0.25) is 0 Å². The first kappa shape index (κ1) is 18.4. The van der Waals surface area contributed by atoms with Gasteiger partial charge >= 0.3 is 5.97 Å². The van der Waals surface area contributed by atoms with Crippen LogP contribution in [0.25, 0.3) is 11.0 Å². The van der Waals surface area contributed by atoms with E-state index in [1.54, 1.807) is 24.3 Å². The molecule has 0 saturated heterocycles. The van der Waals surface area contributed by atoms with Crippen molar-refractivity contribution in [1.82, 2.24) is 15.0 Å². The summed E-state index contributed by atoms with van der Waals surface area (Å²) < 4.78 is 11.0. The number of ether oxygens (including phenoxy) is 2. The van der Waals surface area contributed by atoms with Gasteiger partial charge in [-0.1, -0.05) is 6.07 Å². The Labute approximate surface area is 156 Å². The van der Waals surface area contributed by atoms with Crippen LogP contribution in [0, 0.1) is 6.92 Å². The molecule has 0 fully saturated rings. The van der Waals surface area contributed by atoms with Crippen LogP contribution in [0.4, 0.5) is 11.5 Å². The normalized spacial score (nSPS) is 10.6. The Hall–Kier alpha value is -3.42. The molecule has 0 amide bonds. The van der Waals surface area contributed by atoms with Gasteiger partial charge in [-0.15, -0.1) is 0 Å². The number of aromatic carboxylic acids is 1. The van der Waals surface area contributed by atoms with Crippen molar-refractivity contribution in [3.8, 4) is 11.6 Å². The second-order valence-electron chi connectivity index (χ2n) is 5.65. The van der Waals surface area contributed by atoms with Gasteiger partial charge in [0.2, 0.25) is 5.88 Å². The molecule has 3 rings (SSSR count). The van der Waals surface area contributed by atoms with Gasteiger partial charge < -0.3 is 19.9 Å². The highest BCUT2D eigenvalue weighted by atomic mass is 16.5. The summed E-state index contributed by atoms with van der Waals surface area (Å²) in [4.78, 5) is 24.7. The van der Waals surface area contributed by atoms with Crippen molar-refractivity contribution in [2.24, 2.45) is 0 Å². The molecule has 0 aliphatic carbocycles. The van der Waals surface area contributed by atoms with Crippen molar-refractivity contribution in [2.45, 2.75) is 20.8 Å². The zero-order valence-electron chi connectivity index (χ0n) is 15.3. The minimum Gasteiger partial charge on any atom is -0.492 e. The number of carboxylic acids is 1. The number of nitrogens with one attached hydrogen (secondary N) is 1. The standard InChI is InChI=1S/C19H20N4O4/c1-4-26-14-9-12-17(23-15-7-6-8-16(22-15)27-5-2)13(19(24)25)10-20-18(12)21-11(14)3/h6-10H,4-5H2,1-3H3,(H,24,25)(H,20,21,22,23). The van der Waals surface area contributed by atoms with Crippen LogP contribution in [-0.2, 0) is 0 Å². The van der Waals surface area contributed by atoms with Gasteiger partial charge in [-0.25, -0.2) is 14.8 Å². The highest BCUT2D eigenvalue weighted by Crippen LogP contribution is 2.32. The van der Waals surface area contributed by atoms with Crippen molar-refractivity contribution in [3.05, 3.63) is 41.7 Å². The molecular formula is C19H20N4O4. The zero-order chi connectivity index (χ0) is 19.4. The van der Waals surface area contributed by atoms with Gasteiger partial charge in [0.05, 0.1) is 24.6 Å². The largest absolute Gasteiger partial charge is 0.492 e. The monoisotopic (exact) mass is 368 g/mol. The molecule has 8 nitrogen and oxygen atoms in total. The van der Waals surface area contributed by atoms with Gasteiger partial charge in [0.15, 0.2) is 5.65 Å². The summed E-state index contributed by atoms with van der Waals surface area (Å²) in [6.45, 7) is 6.51. The quantitative estimate of drug-likeness (QED) is 0.652. The van der Waals surface area contributed by atoms with Crippen LogP contribution >= 0.6 is 0 Å². The number of hydrogen-bond acceptors (Lipinski definition) is 7. The summed E-state index contributed by atoms with van der Waals surface area (Å²) in [7, 11) is 0. The average molecular weight is 368 g/mol. The van der Waals surface area contributed by atoms with Crippen LogP contribution in [0.3, 0.4) is 0 Å². The first-order valence-electron chi connectivity index (χ1n) is 8.56. The number of carboxylic acid groups (broad SMARTS) is 1. The van der Waals surface area contributed by atoms with Crippen molar-refractivity contribution < 1.29 is 19.4 Å². The topological polar surface area (TPSA) is 106 Å². The van der Waals surface area contributed by atoms with Crippen LogP contribution in [0.2, 0.25) is 0 Å². The number of pyridine rings is 3. The number of carbonyl (C=O) groups is 1. The molecule has 0 unspecified atom stereocenters. The summed E-state index contributed by atoms with van der Waals surface area (Å²) in [5.41, 5.74) is 1.47. The number of aryl methyl sites for hydroxylation is 1. The fraction of sp³-hybridized carbons (Fsp3) is 0.263. The Balaban J connectivity index is 2.15. The van der Waals surface area contributed by atoms with E-state index in [1.165, 1.54) is 6.20 Å². The summed E-state index contributed by atoms with van der Waals surface area (Å²) in [6.07, 6.45) is 1.28. The Morgan fingerprint density at radius 2 is 1.96 bits per heavy atom. The second-order valence-corrected chi connectivity index (χ2v) is 5.65. The number of anilines is 2. The predicted octanol–water partition coefficient (Wildman–Crippen LogP) is 3.57. The lowest BCUT2D eigenvalue weighted by molar-refractivity contribution is 0.0697. The third-order valence-electron chi connectivity index (χ3n) is 3.80. The molecule has 0 bridgehead atoms. The summed E-state index contributed by atoms with van der Waals surface area (Å²) in [6, 6.07) is 6.98. The van der Waals surface area contributed by atoms with E-state index in [0.717, 1.165) is 0 Å². The van der Waals surface area contributed by atoms with E-state index in [-0.39, 0.29) is 5.56 Å². The van der Waals surface area contributed by atoms with E-state index in [1.807, 2.05) is 20.8 Å². The van der Waals surface area contributed by atoms with E-state index in [0.29, 0.717) is 53.1 Å². The van der Waals surface area contributed by atoms with Crippen molar-refractivity contribution >= 4 is 28.5 Å². The molecule has 8 heteroatoms. The lowest BCUT2D eigenvalue weighted by Crippen LogP contribution is -2.07. The molecule has 3 aromatic heterocycles. The molecule has 140 valence electrons. The van der Waals surface area contributed by atoms with Crippen LogP contribution in [0.15, 0.2) is 30.5 Å². The lowest BCUT2D eigenvalue weighted by atomic mass is 10.1. The molecule has 0 aliphatic heterocycles. The molecule has 3 heterocycles. The molecular weight excluding hydrogens is 348 g/mol. The predicted molar refractivity (Wildman–Crippen MR) is 101 cm³/mol. The Kier molecular flexibility index (Phi) is 5.35. The van der Waals surface area contributed by atoms with E-state index in [9.17, 15) is 9.90 Å². The van der Waals surface area contributed by atoms with Crippen LogP contribution in [-0.4, -0.2) is 39.2 Å². The molecule has 0 spiro atoms. The molecule has 0 radical (unpaired) electrons. The number of aromatic nitrogens is 3. The van der Waals surface area contributed by atoms with Crippen molar-refractivity contribution in [2.75, 3.05) is 18.5 Å². The third-order valence-corrected chi connectivity index (χ3v) is 3.80. The first-order valence-corrected chi connectivity index (χ1v) is 8.56. The highest BCUT2D eigenvalue weighted by molar-refractivity contribution is 6.04. The van der Waals surface area contributed by atoms with Crippen LogP contribution in [0.1, 0.15) is 29.9 Å². The maximum atomic E-state index is 11.7. The Bertz CT molecular complexity index is 991.